The molecule has 1 aliphatic carbocycles. The third-order valence-electron chi connectivity index (χ3n) is 2.98. The van der Waals surface area contributed by atoms with E-state index in [-0.39, 0.29) is 6.42 Å². The zero-order valence-electron chi connectivity index (χ0n) is 9.08. The van der Waals surface area contributed by atoms with Gasteiger partial charge in [0.25, 0.3) is 0 Å². The van der Waals surface area contributed by atoms with Crippen molar-refractivity contribution in [3.05, 3.63) is 28.2 Å². The van der Waals surface area contributed by atoms with Gasteiger partial charge >= 0.3 is 5.97 Å². The summed E-state index contributed by atoms with van der Waals surface area (Å²) in [7, 11) is 0. The van der Waals surface area contributed by atoms with Gasteiger partial charge in [0.05, 0.1) is 16.5 Å². The van der Waals surface area contributed by atoms with Crippen LogP contribution in [0.25, 0.3) is 0 Å². The van der Waals surface area contributed by atoms with Gasteiger partial charge in [-0.1, -0.05) is 29.3 Å². The number of carboxylic acid groups (broad SMARTS) is 1. The standard InChI is InChI=1S/C12H12Cl2O3/c13-8-3-1-4-9(14)11(8)17-12(5-2-6-12)7-10(15)16/h1,3-4H,2,5-7H2,(H,15,16). The lowest BCUT2D eigenvalue weighted by molar-refractivity contribution is -0.144. The summed E-state index contributed by atoms with van der Waals surface area (Å²) in [6, 6.07) is 5.08. The van der Waals surface area contributed by atoms with Gasteiger partial charge in [-0.2, -0.15) is 0 Å². The molecule has 0 atom stereocenters. The molecule has 5 heteroatoms. The zero-order valence-corrected chi connectivity index (χ0v) is 10.6. The first-order chi connectivity index (χ1) is 8.02. The minimum absolute atomic E-state index is 0.0193. The molecule has 1 aromatic carbocycles. The van der Waals surface area contributed by atoms with Gasteiger partial charge in [-0.05, 0) is 31.4 Å². The molecule has 0 unspecified atom stereocenters. The van der Waals surface area contributed by atoms with Crippen LogP contribution >= 0.6 is 23.2 Å². The van der Waals surface area contributed by atoms with Crippen LogP contribution in [0.15, 0.2) is 18.2 Å². The molecule has 0 spiro atoms. The number of hydrogen-bond donors (Lipinski definition) is 1. The summed E-state index contributed by atoms with van der Waals surface area (Å²) < 4.78 is 5.77. The third kappa shape index (κ3) is 2.67. The first kappa shape index (κ1) is 12.5. The summed E-state index contributed by atoms with van der Waals surface area (Å²) in [4.78, 5) is 10.8. The van der Waals surface area contributed by atoms with Crippen molar-refractivity contribution in [2.75, 3.05) is 0 Å². The summed E-state index contributed by atoms with van der Waals surface area (Å²) in [6.45, 7) is 0. The molecule has 1 aliphatic rings. The smallest absolute Gasteiger partial charge is 0.307 e. The number of carbonyl (C=O) groups is 1. The number of halogens is 2. The molecule has 1 fully saturated rings. The Morgan fingerprint density at radius 2 is 1.94 bits per heavy atom. The van der Waals surface area contributed by atoms with E-state index in [0.29, 0.717) is 15.8 Å². The first-order valence-electron chi connectivity index (χ1n) is 5.37. The van der Waals surface area contributed by atoms with Gasteiger partial charge in [0.15, 0.2) is 5.75 Å². The second-order valence-electron chi connectivity index (χ2n) is 4.26. The molecular formula is C12H12Cl2O3. The fraction of sp³-hybridized carbons (Fsp3) is 0.417. The molecule has 0 aromatic heterocycles. The topological polar surface area (TPSA) is 46.5 Å². The molecule has 92 valence electrons. The van der Waals surface area contributed by atoms with E-state index in [1.165, 1.54) is 0 Å². The summed E-state index contributed by atoms with van der Waals surface area (Å²) in [6.07, 6.45) is 2.39. The average molecular weight is 275 g/mol. The van der Waals surface area contributed by atoms with E-state index in [0.717, 1.165) is 19.3 Å². The molecule has 17 heavy (non-hydrogen) atoms. The first-order valence-corrected chi connectivity index (χ1v) is 6.13. The van der Waals surface area contributed by atoms with Crippen LogP contribution in [0.3, 0.4) is 0 Å². The SMILES string of the molecule is O=C(O)CC1(Oc2c(Cl)cccc2Cl)CCC1. The predicted octanol–water partition coefficient (Wildman–Crippen LogP) is 3.77. The van der Waals surface area contributed by atoms with Crippen LogP contribution in [-0.2, 0) is 4.79 Å². The van der Waals surface area contributed by atoms with Crippen LogP contribution in [0.4, 0.5) is 0 Å². The van der Waals surface area contributed by atoms with Crippen LogP contribution in [0.5, 0.6) is 5.75 Å². The van der Waals surface area contributed by atoms with Crippen molar-refractivity contribution in [3.8, 4) is 5.75 Å². The van der Waals surface area contributed by atoms with Crippen LogP contribution < -0.4 is 4.74 Å². The Kier molecular flexibility index (Phi) is 3.50. The highest BCUT2D eigenvalue weighted by molar-refractivity contribution is 6.37. The maximum atomic E-state index is 10.8. The van der Waals surface area contributed by atoms with Crippen molar-refractivity contribution in [3.63, 3.8) is 0 Å². The lowest BCUT2D eigenvalue weighted by atomic mass is 9.77. The van der Waals surface area contributed by atoms with E-state index < -0.39 is 11.6 Å². The Morgan fingerprint density at radius 3 is 2.35 bits per heavy atom. The van der Waals surface area contributed by atoms with Crippen molar-refractivity contribution < 1.29 is 14.6 Å². The highest BCUT2D eigenvalue weighted by atomic mass is 35.5. The van der Waals surface area contributed by atoms with Crippen molar-refractivity contribution >= 4 is 29.2 Å². The van der Waals surface area contributed by atoms with E-state index >= 15 is 0 Å². The molecule has 3 nitrogen and oxygen atoms in total. The number of ether oxygens (including phenoxy) is 1. The average Bonchev–Trinajstić information content (AvgIpc) is 2.19. The Labute approximate surface area is 109 Å². The van der Waals surface area contributed by atoms with E-state index in [1.54, 1.807) is 18.2 Å². The van der Waals surface area contributed by atoms with Crippen molar-refractivity contribution in [1.29, 1.82) is 0 Å². The Morgan fingerprint density at radius 1 is 1.35 bits per heavy atom. The van der Waals surface area contributed by atoms with Gasteiger partial charge in [0.2, 0.25) is 0 Å². The summed E-state index contributed by atoms with van der Waals surface area (Å²) in [5.41, 5.74) is -0.638. The maximum Gasteiger partial charge on any atom is 0.307 e. The molecular weight excluding hydrogens is 263 g/mol. The molecule has 1 N–H and O–H groups in total. The minimum atomic E-state index is -0.868. The van der Waals surface area contributed by atoms with E-state index in [4.69, 9.17) is 33.0 Å². The second kappa shape index (κ2) is 4.75. The number of para-hydroxylation sites is 1. The minimum Gasteiger partial charge on any atom is -0.484 e. The van der Waals surface area contributed by atoms with Gasteiger partial charge < -0.3 is 9.84 Å². The molecule has 2 rings (SSSR count). The molecule has 1 aromatic rings. The summed E-state index contributed by atoms with van der Waals surface area (Å²) >= 11 is 12.0. The van der Waals surface area contributed by atoms with Crippen LogP contribution in [0.1, 0.15) is 25.7 Å². The molecule has 0 heterocycles. The fourth-order valence-electron chi connectivity index (χ4n) is 1.96. The highest BCUT2D eigenvalue weighted by Gasteiger charge is 2.42. The van der Waals surface area contributed by atoms with Crippen LogP contribution in [0.2, 0.25) is 10.0 Å². The van der Waals surface area contributed by atoms with E-state index in [2.05, 4.69) is 0 Å². The third-order valence-corrected chi connectivity index (χ3v) is 3.57. The number of carboxylic acids is 1. The van der Waals surface area contributed by atoms with Crippen molar-refractivity contribution in [2.45, 2.75) is 31.3 Å². The second-order valence-corrected chi connectivity index (χ2v) is 5.07. The van der Waals surface area contributed by atoms with Crippen LogP contribution in [-0.4, -0.2) is 16.7 Å². The molecule has 0 radical (unpaired) electrons. The molecule has 0 amide bonds. The highest BCUT2D eigenvalue weighted by Crippen LogP contribution is 2.43. The van der Waals surface area contributed by atoms with Gasteiger partial charge in [-0.15, -0.1) is 0 Å². The fourth-order valence-corrected chi connectivity index (χ4v) is 2.43. The lowest BCUT2D eigenvalue weighted by Crippen LogP contribution is -2.45. The number of benzene rings is 1. The van der Waals surface area contributed by atoms with Gasteiger partial charge in [-0.25, -0.2) is 0 Å². The Balaban J connectivity index is 2.21. The molecule has 1 saturated carbocycles. The zero-order chi connectivity index (χ0) is 12.5. The largest absolute Gasteiger partial charge is 0.484 e. The van der Waals surface area contributed by atoms with E-state index in [1.807, 2.05) is 0 Å². The molecule has 0 saturated heterocycles. The van der Waals surface area contributed by atoms with Gasteiger partial charge in [0, 0.05) is 0 Å². The molecule has 0 aliphatic heterocycles. The van der Waals surface area contributed by atoms with Gasteiger partial charge in [-0.3, -0.25) is 4.79 Å². The number of hydrogen-bond acceptors (Lipinski definition) is 2. The van der Waals surface area contributed by atoms with Crippen molar-refractivity contribution in [2.24, 2.45) is 0 Å². The van der Waals surface area contributed by atoms with Gasteiger partial charge in [0.1, 0.15) is 5.60 Å². The predicted molar refractivity (Wildman–Crippen MR) is 65.9 cm³/mol. The maximum absolute atomic E-state index is 10.8. The van der Waals surface area contributed by atoms with E-state index in [9.17, 15) is 4.79 Å². The molecule has 0 bridgehead atoms. The Hall–Kier alpha value is -0.930. The Bertz CT molecular complexity index is 421. The lowest BCUT2D eigenvalue weighted by Gasteiger charge is -2.41. The van der Waals surface area contributed by atoms with Crippen LogP contribution in [0, 0.1) is 0 Å². The monoisotopic (exact) mass is 274 g/mol. The summed E-state index contributed by atoms with van der Waals surface area (Å²) in [5, 5.41) is 9.71. The summed E-state index contributed by atoms with van der Waals surface area (Å²) in [5.74, 6) is -0.482. The van der Waals surface area contributed by atoms with Crippen molar-refractivity contribution in [1.82, 2.24) is 0 Å². The number of rotatable bonds is 4. The number of aliphatic carboxylic acids is 1. The normalized spacial score (nSPS) is 17.3. The quantitative estimate of drug-likeness (QED) is 0.909.